The highest BCUT2D eigenvalue weighted by Crippen LogP contribution is 2.24. The minimum absolute atomic E-state index is 0.0508. The summed E-state index contributed by atoms with van der Waals surface area (Å²) in [5.41, 5.74) is 0.702. The molecule has 2 aromatic carbocycles. The van der Waals surface area contributed by atoms with Crippen molar-refractivity contribution in [2.75, 3.05) is 5.32 Å². The van der Waals surface area contributed by atoms with Gasteiger partial charge in [0.2, 0.25) is 0 Å². The number of thiazole rings is 1. The Balaban J connectivity index is 1.53. The van der Waals surface area contributed by atoms with Gasteiger partial charge < -0.3 is 10.1 Å². The monoisotopic (exact) mass is 399 g/mol. The predicted molar refractivity (Wildman–Crippen MR) is 105 cm³/mol. The maximum Gasteiger partial charge on any atom is 0.306 e. The first kappa shape index (κ1) is 19.4. The lowest BCUT2D eigenvalue weighted by Gasteiger charge is -2.13. The summed E-state index contributed by atoms with van der Waals surface area (Å²) in [5, 5.41) is 14.2. The number of para-hydroxylation sites is 3. The van der Waals surface area contributed by atoms with Gasteiger partial charge in [-0.3, -0.25) is 19.7 Å². The van der Waals surface area contributed by atoms with Crippen LogP contribution in [0.15, 0.2) is 48.5 Å². The summed E-state index contributed by atoms with van der Waals surface area (Å²) in [7, 11) is 0. The van der Waals surface area contributed by atoms with Crippen molar-refractivity contribution in [2.24, 2.45) is 0 Å². The van der Waals surface area contributed by atoms with Gasteiger partial charge in [0.25, 0.3) is 11.6 Å². The van der Waals surface area contributed by atoms with Gasteiger partial charge in [-0.1, -0.05) is 24.3 Å². The number of aromatic nitrogens is 1. The van der Waals surface area contributed by atoms with Crippen LogP contribution in [0.2, 0.25) is 0 Å². The van der Waals surface area contributed by atoms with Crippen LogP contribution in [0.1, 0.15) is 18.4 Å². The third-order valence-electron chi connectivity index (χ3n) is 3.92. The lowest BCUT2D eigenvalue weighted by Crippen LogP contribution is -2.30. The van der Waals surface area contributed by atoms with Crippen molar-refractivity contribution in [3.8, 4) is 0 Å². The average Bonchev–Trinajstić information content (AvgIpc) is 3.09. The second kappa shape index (κ2) is 8.57. The van der Waals surface area contributed by atoms with E-state index < -0.39 is 22.9 Å². The van der Waals surface area contributed by atoms with Crippen LogP contribution in [0.25, 0.3) is 10.2 Å². The summed E-state index contributed by atoms with van der Waals surface area (Å²) in [4.78, 5) is 39.1. The van der Waals surface area contributed by atoms with E-state index in [1.165, 1.54) is 36.5 Å². The predicted octanol–water partition coefficient (Wildman–Crippen LogP) is 3.71. The fraction of sp³-hybridized carbons (Fsp3) is 0.211. The standard InChI is InChI=1S/C19H17N3O5S/c1-12(19(24)21-13-6-2-4-8-15(13)22(25)26)27-18(23)11-10-17-20-14-7-3-5-9-16(14)28-17/h2-9,12H,10-11H2,1H3,(H,21,24). The average molecular weight is 399 g/mol. The zero-order chi connectivity index (χ0) is 20.1. The molecule has 1 N–H and O–H groups in total. The number of rotatable bonds is 7. The summed E-state index contributed by atoms with van der Waals surface area (Å²) in [5.74, 6) is -1.17. The first-order chi connectivity index (χ1) is 13.4. The molecule has 144 valence electrons. The molecule has 1 heterocycles. The van der Waals surface area contributed by atoms with Crippen LogP contribution in [-0.2, 0) is 20.7 Å². The maximum atomic E-state index is 12.2. The van der Waals surface area contributed by atoms with Crippen LogP contribution in [0.3, 0.4) is 0 Å². The number of amides is 1. The molecule has 1 amide bonds. The van der Waals surface area contributed by atoms with Gasteiger partial charge in [0.15, 0.2) is 6.10 Å². The van der Waals surface area contributed by atoms with E-state index in [4.69, 9.17) is 4.74 Å². The number of carbonyl (C=O) groups is 2. The molecule has 1 unspecified atom stereocenters. The Bertz CT molecular complexity index is 1000. The van der Waals surface area contributed by atoms with E-state index in [0.717, 1.165) is 15.2 Å². The summed E-state index contributed by atoms with van der Waals surface area (Å²) in [6.07, 6.45) is -0.581. The smallest absolute Gasteiger partial charge is 0.306 e. The van der Waals surface area contributed by atoms with Gasteiger partial charge in [-0.05, 0) is 25.1 Å². The summed E-state index contributed by atoms with van der Waals surface area (Å²) >= 11 is 1.51. The highest BCUT2D eigenvalue weighted by molar-refractivity contribution is 7.18. The minimum Gasteiger partial charge on any atom is -0.453 e. The van der Waals surface area contributed by atoms with E-state index in [0.29, 0.717) is 6.42 Å². The van der Waals surface area contributed by atoms with Crippen LogP contribution in [0.4, 0.5) is 11.4 Å². The zero-order valence-electron chi connectivity index (χ0n) is 15.0. The minimum atomic E-state index is -1.08. The molecule has 0 saturated heterocycles. The van der Waals surface area contributed by atoms with Crippen LogP contribution >= 0.6 is 11.3 Å². The topological polar surface area (TPSA) is 111 Å². The number of aryl methyl sites for hydroxylation is 1. The van der Waals surface area contributed by atoms with E-state index in [1.54, 1.807) is 6.07 Å². The van der Waals surface area contributed by atoms with Gasteiger partial charge in [-0.25, -0.2) is 4.98 Å². The van der Waals surface area contributed by atoms with E-state index >= 15 is 0 Å². The lowest BCUT2D eigenvalue weighted by atomic mass is 10.2. The number of nitrogens with one attached hydrogen (secondary N) is 1. The highest BCUT2D eigenvalue weighted by atomic mass is 32.1. The molecular formula is C19H17N3O5S. The Morgan fingerprint density at radius 2 is 1.93 bits per heavy atom. The van der Waals surface area contributed by atoms with Crippen molar-refractivity contribution in [3.63, 3.8) is 0 Å². The molecule has 0 aliphatic carbocycles. The second-order valence-corrected chi connectivity index (χ2v) is 7.09. The number of esters is 1. The number of nitro benzene ring substituents is 1. The van der Waals surface area contributed by atoms with Crippen LogP contribution in [-0.4, -0.2) is 27.9 Å². The summed E-state index contributed by atoms with van der Waals surface area (Å²) in [6.45, 7) is 1.42. The van der Waals surface area contributed by atoms with Crippen molar-refractivity contribution < 1.29 is 19.2 Å². The van der Waals surface area contributed by atoms with Crippen molar-refractivity contribution >= 4 is 44.8 Å². The molecule has 3 aromatic rings. The number of hydrogen-bond donors (Lipinski definition) is 1. The van der Waals surface area contributed by atoms with Crippen molar-refractivity contribution in [3.05, 3.63) is 63.7 Å². The highest BCUT2D eigenvalue weighted by Gasteiger charge is 2.21. The van der Waals surface area contributed by atoms with Gasteiger partial charge in [0.1, 0.15) is 5.69 Å². The molecule has 0 fully saturated rings. The molecule has 0 aliphatic heterocycles. The fourth-order valence-corrected chi connectivity index (χ4v) is 3.49. The molecule has 0 spiro atoms. The Morgan fingerprint density at radius 1 is 1.21 bits per heavy atom. The van der Waals surface area contributed by atoms with E-state index in [1.807, 2.05) is 24.3 Å². The van der Waals surface area contributed by atoms with Crippen LogP contribution in [0.5, 0.6) is 0 Å². The number of fused-ring (bicyclic) bond motifs is 1. The Morgan fingerprint density at radius 3 is 2.68 bits per heavy atom. The molecule has 8 nitrogen and oxygen atoms in total. The normalized spacial score (nSPS) is 11.8. The fourth-order valence-electron chi connectivity index (χ4n) is 2.52. The number of anilines is 1. The Labute approximate surface area is 164 Å². The van der Waals surface area contributed by atoms with Gasteiger partial charge in [-0.2, -0.15) is 0 Å². The molecule has 3 rings (SSSR count). The Hall–Kier alpha value is -3.33. The van der Waals surface area contributed by atoms with E-state index in [9.17, 15) is 19.7 Å². The molecule has 0 aliphatic rings. The van der Waals surface area contributed by atoms with Crippen LogP contribution in [0, 0.1) is 10.1 Å². The SMILES string of the molecule is CC(OC(=O)CCc1nc2ccccc2s1)C(=O)Nc1ccccc1[N+](=O)[O-]. The number of benzene rings is 2. The number of ether oxygens (including phenoxy) is 1. The molecular weight excluding hydrogens is 382 g/mol. The largest absolute Gasteiger partial charge is 0.453 e. The summed E-state index contributed by atoms with van der Waals surface area (Å²) in [6, 6.07) is 13.5. The quantitative estimate of drug-likeness (QED) is 0.368. The van der Waals surface area contributed by atoms with Gasteiger partial charge >= 0.3 is 5.97 Å². The third-order valence-corrected chi connectivity index (χ3v) is 5.01. The lowest BCUT2D eigenvalue weighted by molar-refractivity contribution is -0.383. The first-order valence-electron chi connectivity index (χ1n) is 8.52. The van der Waals surface area contributed by atoms with Gasteiger partial charge in [0.05, 0.1) is 26.6 Å². The van der Waals surface area contributed by atoms with Gasteiger partial charge in [-0.15, -0.1) is 11.3 Å². The molecule has 1 aromatic heterocycles. The number of nitro groups is 1. The van der Waals surface area contributed by atoms with Crippen LogP contribution < -0.4 is 5.32 Å². The van der Waals surface area contributed by atoms with Crippen molar-refractivity contribution in [2.45, 2.75) is 25.9 Å². The zero-order valence-corrected chi connectivity index (χ0v) is 15.8. The molecule has 28 heavy (non-hydrogen) atoms. The second-order valence-electron chi connectivity index (χ2n) is 5.97. The summed E-state index contributed by atoms with van der Waals surface area (Å²) < 4.78 is 6.18. The molecule has 0 saturated carbocycles. The third kappa shape index (κ3) is 4.68. The molecule has 9 heteroatoms. The number of nitrogens with zero attached hydrogens (tertiary/aromatic N) is 2. The maximum absolute atomic E-state index is 12.2. The van der Waals surface area contributed by atoms with E-state index in [-0.39, 0.29) is 17.8 Å². The van der Waals surface area contributed by atoms with Gasteiger partial charge in [0, 0.05) is 12.5 Å². The molecule has 0 radical (unpaired) electrons. The number of hydrogen-bond acceptors (Lipinski definition) is 7. The molecule has 0 bridgehead atoms. The first-order valence-corrected chi connectivity index (χ1v) is 9.34. The molecule has 1 atom stereocenters. The van der Waals surface area contributed by atoms with E-state index in [2.05, 4.69) is 10.3 Å². The van der Waals surface area contributed by atoms with Crippen molar-refractivity contribution in [1.82, 2.24) is 4.98 Å². The number of carbonyl (C=O) groups excluding carboxylic acids is 2. The Kier molecular flexibility index (Phi) is 5.95. The van der Waals surface area contributed by atoms with Crippen molar-refractivity contribution in [1.29, 1.82) is 0 Å².